The van der Waals surface area contributed by atoms with Gasteiger partial charge in [-0.25, -0.2) is 23.1 Å². The van der Waals surface area contributed by atoms with Crippen LogP contribution in [0.2, 0.25) is 0 Å². The highest BCUT2D eigenvalue weighted by atomic mass is 32.2. The molecule has 4 aromatic carbocycles. The van der Waals surface area contributed by atoms with Crippen molar-refractivity contribution in [2.75, 3.05) is 23.4 Å². The van der Waals surface area contributed by atoms with Crippen molar-refractivity contribution in [1.29, 1.82) is 0 Å². The Morgan fingerprint density at radius 3 is 2.28 bits per heavy atom. The number of hydrogen-bond donors (Lipinski definition) is 7. The maximum Gasteiger partial charge on any atom is 0.313 e. The largest absolute Gasteiger partial charge is 0.505 e. The van der Waals surface area contributed by atoms with Crippen molar-refractivity contribution in [2.24, 2.45) is 20.5 Å². The Morgan fingerprint density at radius 2 is 1.59 bits per heavy atom. The molecule has 0 saturated carbocycles. The van der Waals surface area contributed by atoms with Crippen molar-refractivity contribution in [1.82, 2.24) is 9.97 Å². The number of phenolic OH excluding ortho intramolecular Hbond substituents is 1. The van der Waals surface area contributed by atoms with Gasteiger partial charge in [0.25, 0.3) is 10.1 Å². The fourth-order valence-electron chi connectivity index (χ4n) is 4.68. The van der Waals surface area contributed by atoms with Crippen LogP contribution < -0.4 is 11.1 Å². The maximum absolute atomic E-state index is 13.6. The van der Waals surface area contributed by atoms with Crippen LogP contribution >= 0.6 is 24.4 Å². The first-order valence-corrected chi connectivity index (χ1v) is 20.5. The normalized spacial score (nSPS) is 12.9. The number of hydrogen-bond acceptors (Lipinski definition) is 23. The van der Waals surface area contributed by atoms with E-state index in [9.17, 15) is 44.0 Å². The van der Waals surface area contributed by atoms with E-state index in [1.165, 1.54) is 18.2 Å². The molecule has 1 atom stereocenters. The standard InChI is InChI=1S/C28H22F2N8O15S5/c29-23-12-24(34-28(30)33-23)32-13-1-6-22(58(46,47)48)19(9-13)36-38-26-20(54-52-50-40)11-16-15(27(26)39)3-4-17(31)25(16)37-35-18-5-2-14(10-21(18)56(42)43)57(44,45)8-7-49-55-53-51-41/h1-6,9-12,39-41H,7-8,31H2,(H,42,43)(H,32,33,34)(H,46,47,48). The smallest absolute Gasteiger partial charge is 0.313 e. The molecule has 0 spiro atoms. The van der Waals surface area contributed by atoms with Crippen LogP contribution in [-0.2, 0) is 54.0 Å². The number of azo groups is 2. The summed E-state index contributed by atoms with van der Waals surface area (Å²) in [4.78, 5) is 4.38. The number of aromatic hydroxyl groups is 1. The van der Waals surface area contributed by atoms with Gasteiger partial charge in [0.1, 0.15) is 33.5 Å². The van der Waals surface area contributed by atoms with E-state index in [4.69, 9.17) is 20.4 Å². The molecule has 1 aromatic heterocycles. The molecule has 0 bridgehead atoms. The quantitative estimate of drug-likeness (QED) is 0.00454. The zero-order valence-electron chi connectivity index (χ0n) is 28.1. The Morgan fingerprint density at radius 1 is 0.862 bits per heavy atom. The number of fused-ring (bicyclic) bond motifs is 1. The molecule has 5 rings (SSSR count). The summed E-state index contributed by atoms with van der Waals surface area (Å²) in [7, 11) is -9.06. The van der Waals surface area contributed by atoms with Crippen LogP contribution in [0.15, 0.2) is 101 Å². The Hall–Kier alpha value is -4.93. The second-order valence-electron chi connectivity index (χ2n) is 10.7. The summed E-state index contributed by atoms with van der Waals surface area (Å²) in [6, 6.07) is 10.6. The number of phenols is 1. The number of nitrogens with zero attached hydrogens (tertiary/aromatic N) is 6. The highest BCUT2D eigenvalue weighted by Crippen LogP contribution is 2.48. The van der Waals surface area contributed by atoms with E-state index in [0.29, 0.717) is 0 Å². The van der Waals surface area contributed by atoms with Crippen molar-refractivity contribution >= 4 is 106 Å². The topological polar surface area (TPSA) is 346 Å². The highest BCUT2D eigenvalue weighted by molar-refractivity contribution is 7.94. The van der Waals surface area contributed by atoms with Crippen LogP contribution in [0.5, 0.6) is 5.75 Å². The SMILES string of the molecule is Nc1ccc2c(O)c(N=Nc3cc(Nc4cc(F)nc(F)n4)ccc3S(=O)(=O)O)c(SOOO)cc2c1N=Nc1ccc(S(=O)(=O)CCOSOOO)cc1S(=O)O. The van der Waals surface area contributed by atoms with Crippen LogP contribution in [0.25, 0.3) is 10.8 Å². The molecule has 58 heavy (non-hydrogen) atoms. The number of rotatable bonds is 18. The first kappa shape index (κ1) is 44.2. The monoisotopic (exact) mass is 908 g/mol. The van der Waals surface area contributed by atoms with Crippen molar-refractivity contribution in [2.45, 2.75) is 19.6 Å². The lowest BCUT2D eigenvalue weighted by molar-refractivity contribution is -0.434. The van der Waals surface area contributed by atoms with Gasteiger partial charge in [-0.2, -0.15) is 27.2 Å². The number of nitrogen functional groups attached to an aromatic ring is 1. The lowest BCUT2D eigenvalue weighted by Gasteiger charge is -2.12. The molecule has 1 unspecified atom stereocenters. The molecule has 8 N–H and O–H groups in total. The second kappa shape index (κ2) is 19.2. The van der Waals surface area contributed by atoms with Gasteiger partial charge in [-0.1, -0.05) is 10.1 Å². The molecule has 1 heterocycles. The molecule has 30 heteroatoms. The number of halogens is 2. The summed E-state index contributed by atoms with van der Waals surface area (Å²) in [6.45, 7) is -0.435. The molecule has 0 fully saturated rings. The summed E-state index contributed by atoms with van der Waals surface area (Å²) in [5.74, 6) is -2.90. The maximum atomic E-state index is 13.6. The van der Waals surface area contributed by atoms with Gasteiger partial charge in [-0.3, -0.25) is 8.74 Å². The molecule has 0 aliphatic rings. The third-order valence-corrected chi connectivity index (χ3v) is 11.4. The summed E-state index contributed by atoms with van der Waals surface area (Å²) < 4.78 is 122. The molecule has 0 amide bonds. The van der Waals surface area contributed by atoms with Gasteiger partial charge in [-0.05, 0) is 54.6 Å². The second-order valence-corrected chi connectivity index (χ2v) is 16.3. The van der Waals surface area contributed by atoms with Crippen LogP contribution in [0.3, 0.4) is 0 Å². The number of aromatic nitrogens is 2. The van der Waals surface area contributed by atoms with Gasteiger partial charge in [0, 0.05) is 22.5 Å². The average Bonchev–Trinajstić information content (AvgIpc) is 3.15. The molecular formula is C28H22F2N8O15S5. The van der Waals surface area contributed by atoms with Gasteiger partial charge >= 0.3 is 6.08 Å². The van der Waals surface area contributed by atoms with E-state index in [-0.39, 0.29) is 73.5 Å². The van der Waals surface area contributed by atoms with Crippen LogP contribution in [-0.4, -0.2) is 68.1 Å². The minimum Gasteiger partial charge on any atom is -0.505 e. The molecule has 0 aliphatic carbocycles. The Bertz CT molecular complexity index is 2640. The zero-order chi connectivity index (χ0) is 42.2. The average molecular weight is 909 g/mol. The molecule has 5 aromatic rings. The number of sulfone groups is 1. The first-order chi connectivity index (χ1) is 27.5. The fraction of sp³-hybridized carbons (Fsp3) is 0.0714. The van der Waals surface area contributed by atoms with E-state index < -0.39 is 82.3 Å². The van der Waals surface area contributed by atoms with E-state index in [2.05, 4.69) is 54.5 Å². The third-order valence-electron chi connectivity index (χ3n) is 7.10. The molecular weight excluding hydrogens is 887 g/mol. The highest BCUT2D eigenvalue weighted by Gasteiger charge is 2.22. The Balaban J connectivity index is 1.55. The predicted molar refractivity (Wildman–Crippen MR) is 196 cm³/mol. The van der Waals surface area contributed by atoms with Crippen LogP contribution in [0.4, 0.5) is 48.7 Å². The van der Waals surface area contributed by atoms with Crippen molar-refractivity contribution in [3.05, 3.63) is 72.7 Å². The summed E-state index contributed by atoms with van der Waals surface area (Å²) >= 11 is -2.40. The van der Waals surface area contributed by atoms with Gasteiger partial charge in [-0.15, -0.1) is 29.1 Å². The summed E-state index contributed by atoms with van der Waals surface area (Å²) in [6.07, 6.45) is -1.41. The lowest BCUT2D eigenvalue weighted by Crippen LogP contribution is -2.11. The predicted octanol–water partition coefficient (Wildman–Crippen LogP) is 6.80. The molecule has 23 nitrogen and oxygen atoms in total. The van der Waals surface area contributed by atoms with Gasteiger partial charge in [0.15, 0.2) is 39.0 Å². The third kappa shape index (κ3) is 11.0. The van der Waals surface area contributed by atoms with E-state index in [0.717, 1.165) is 42.5 Å². The molecule has 0 radical (unpaired) electrons. The summed E-state index contributed by atoms with van der Waals surface area (Å²) in [5.41, 5.74) is 4.61. The summed E-state index contributed by atoms with van der Waals surface area (Å²) in [5, 5.41) is 53.7. The minimum atomic E-state index is -4.97. The lowest BCUT2D eigenvalue weighted by atomic mass is 10.1. The van der Waals surface area contributed by atoms with Crippen LogP contribution in [0.1, 0.15) is 0 Å². The van der Waals surface area contributed by atoms with Gasteiger partial charge in [0.2, 0.25) is 5.95 Å². The number of anilines is 3. The minimum absolute atomic E-state index is 0.0118. The van der Waals surface area contributed by atoms with Crippen LogP contribution in [0, 0.1) is 12.0 Å². The Labute approximate surface area is 334 Å². The van der Waals surface area contributed by atoms with Gasteiger partial charge in [0.05, 0.1) is 44.8 Å². The van der Waals surface area contributed by atoms with Crippen molar-refractivity contribution in [3.63, 3.8) is 0 Å². The fourth-order valence-corrected chi connectivity index (χ4v) is 7.80. The van der Waals surface area contributed by atoms with Gasteiger partial charge < -0.3 is 20.7 Å². The zero-order valence-corrected chi connectivity index (χ0v) is 32.1. The number of benzene rings is 4. The first-order valence-electron chi connectivity index (χ1n) is 14.9. The van der Waals surface area contributed by atoms with Crippen molar-refractivity contribution in [3.8, 4) is 5.75 Å². The molecule has 0 saturated heterocycles. The van der Waals surface area contributed by atoms with Crippen molar-refractivity contribution < 1.29 is 77.5 Å². The number of nitrogens with two attached hydrogens (primary N) is 1. The van der Waals surface area contributed by atoms with E-state index >= 15 is 0 Å². The van der Waals surface area contributed by atoms with E-state index in [1.54, 1.807) is 0 Å². The Kier molecular flexibility index (Phi) is 14.6. The molecule has 0 aliphatic heterocycles. The molecule has 308 valence electrons. The van der Waals surface area contributed by atoms with E-state index in [1.807, 2.05) is 0 Å². The number of nitrogens with one attached hydrogen (secondary N) is 1.